The minimum atomic E-state index is 0.0994. The highest BCUT2D eigenvalue weighted by Crippen LogP contribution is 2.36. The normalized spacial score (nSPS) is 16.2. The molecule has 2 fully saturated rings. The largest absolute Gasteiger partial charge is 0.379 e. The lowest BCUT2D eigenvalue weighted by Gasteiger charge is -2.40. The number of piperidine rings is 2. The zero-order valence-electron chi connectivity index (χ0n) is 28.0. The second kappa shape index (κ2) is 16.6. The smallest absolute Gasteiger partial charge is 0.253 e. The number of H-pyrrole nitrogens is 1. The maximum absolute atomic E-state index is 13.5. The van der Waals surface area contributed by atoms with Gasteiger partial charge in [-0.1, -0.05) is 48.6 Å². The number of imidazole rings is 1. The number of carbonyl (C=O) groups excluding carboxylic acids is 2. The molecule has 0 unspecified atom stereocenters. The van der Waals surface area contributed by atoms with Crippen molar-refractivity contribution in [2.24, 2.45) is 17.6 Å². The molecule has 48 heavy (non-hydrogen) atoms. The van der Waals surface area contributed by atoms with Crippen LogP contribution >= 0.6 is 11.3 Å². The van der Waals surface area contributed by atoms with Crippen molar-refractivity contribution in [2.45, 2.75) is 51.9 Å². The van der Waals surface area contributed by atoms with Crippen LogP contribution in [0.15, 0.2) is 48.5 Å². The highest BCUT2D eigenvalue weighted by Gasteiger charge is 2.32. The summed E-state index contributed by atoms with van der Waals surface area (Å²) in [6, 6.07) is 15.8. The fourth-order valence-electron chi connectivity index (χ4n) is 6.98. The van der Waals surface area contributed by atoms with Crippen LogP contribution in [0.4, 0.5) is 5.13 Å². The molecule has 2 aliphatic heterocycles. The number of fused-ring (bicyclic) bond motifs is 1. The number of hydrogen-bond donors (Lipinski definition) is 2. The summed E-state index contributed by atoms with van der Waals surface area (Å²) >= 11 is 1.56. The van der Waals surface area contributed by atoms with Crippen LogP contribution in [0, 0.1) is 11.8 Å². The number of thiazole rings is 1. The van der Waals surface area contributed by atoms with Crippen LogP contribution in [-0.2, 0) is 15.9 Å². The van der Waals surface area contributed by atoms with Crippen molar-refractivity contribution in [1.82, 2.24) is 19.9 Å². The van der Waals surface area contributed by atoms with Crippen LogP contribution in [0.3, 0.4) is 0 Å². The Bertz CT molecular complexity index is 1640. The van der Waals surface area contributed by atoms with E-state index in [-0.39, 0.29) is 11.7 Å². The predicted octanol–water partition coefficient (Wildman–Crippen LogP) is 5.97. The summed E-state index contributed by atoms with van der Waals surface area (Å²) in [6.45, 7) is 8.23. The van der Waals surface area contributed by atoms with Crippen molar-refractivity contribution >= 4 is 39.2 Å². The molecule has 1 amide bonds. The molecule has 256 valence electrons. The van der Waals surface area contributed by atoms with Gasteiger partial charge in [-0.2, -0.15) is 0 Å². The summed E-state index contributed by atoms with van der Waals surface area (Å²) in [4.78, 5) is 44.7. The van der Waals surface area contributed by atoms with E-state index < -0.39 is 0 Å². The molecule has 0 bridgehead atoms. The molecule has 4 heterocycles. The summed E-state index contributed by atoms with van der Waals surface area (Å²) in [7, 11) is 0. The highest BCUT2D eigenvalue weighted by molar-refractivity contribution is 7.17. The Hall–Kier alpha value is -3.64. The molecule has 2 aliphatic rings. The summed E-state index contributed by atoms with van der Waals surface area (Å²) in [6.07, 6.45) is 6.24. The molecule has 0 atom stereocenters. The van der Waals surface area contributed by atoms with E-state index in [1.807, 2.05) is 53.4 Å². The molecular weight excluding hydrogens is 625 g/mol. The number of ketones is 1. The first kappa shape index (κ1) is 34.2. The van der Waals surface area contributed by atoms with E-state index in [1.165, 1.54) is 0 Å². The fraction of sp³-hybridized carbons (Fsp3) is 0.514. The van der Waals surface area contributed by atoms with Gasteiger partial charge in [-0.3, -0.25) is 9.59 Å². The van der Waals surface area contributed by atoms with Gasteiger partial charge in [0.15, 0.2) is 10.9 Å². The number of amides is 1. The number of Topliss-reactive ketones (excluding diaryl/α,β-unsaturated/α-hetero) is 1. The minimum Gasteiger partial charge on any atom is -0.379 e. The molecular formula is C37H48N6O4S. The predicted molar refractivity (Wildman–Crippen MR) is 191 cm³/mol. The molecule has 2 aromatic carbocycles. The van der Waals surface area contributed by atoms with Crippen molar-refractivity contribution in [3.8, 4) is 11.4 Å². The molecule has 0 spiro atoms. The van der Waals surface area contributed by atoms with Gasteiger partial charge in [0.1, 0.15) is 5.82 Å². The zero-order chi connectivity index (χ0) is 33.3. The van der Waals surface area contributed by atoms with Gasteiger partial charge in [0.2, 0.25) is 0 Å². The third-order valence-electron chi connectivity index (χ3n) is 9.68. The third kappa shape index (κ3) is 8.31. The Morgan fingerprint density at radius 2 is 1.62 bits per heavy atom. The number of aryl methyl sites for hydroxylation is 1. The lowest BCUT2D eigenvalue weighted by Crippen LogP contribution is -2.42. The highest BCUT2D eigenvalue weighted by atomic mass is 32.1. The number of nitrogens with one attached hydrogen (secondary N) is 1. The molecule has 0 radical (unpaired) electrons. The number of aromatic amines is 1. The van der Waals surface area contributed by atoms with E-state index >= 15 is 0 Å². The number of nitrogens with zero attached hydrogens (tertiary/aromatic N) is 4. The van der Waals surface area contributed by atoms with Gasteiger partial charge in [-0.05, 0) is 68.6 Å². The van der Waals surface area contributed by atoms with E-state index in [0.717, 1.165) is 96.4 Å². The van der Waals surface area contributed by atoms with E-state index in [4.69, 9.17) is 25.2 Å². The first-order chi connectivity index (χ1) is 23.5. The first-order valence-electron chi connectivity index (χ1n) is 17.5. The van der Waals surface area contributed by atoms with Crippen LogP contribution in [-0.4, -0.2) is 90.7 Å². The molecule has 3 N–H and O–H groups in total. The van der Waals surface area contributed by atoms with Crippen LogP contribution < -0.4 is 10.6 Å². The maximum atomic E-state index is 13.5. The van der Waals surface area contributed by atoms with Gasteiger partial charge >= 0.3 is 0 Å². The lowest BCUT2D eigenvalue weighted by molar-refractivity contribution is 0.0489. The van der Waals surface area contributed by atoms with Crippen LogP contribution in [0.1, 0.15) is 71.2 Å². The number of rotatable bonds is 15. The number of carbonyl (C=O) groups is 2. The number of anilines is 1. The number of benzene rings is 2. The molecule has 4 aromatic rings. The zero-order valence-corrected chi connectivity index (χ0v) is 28.8. The third-order valence-corrected chi connectivity index (χ3v) is 10.9. The van der Waals surface area contributed by atoms with Crippen molar-refractivity contribution in [3.63, 3.8) is 0 Å². The Morgan fingerprint density at radius 3 is 2.33 bits per heavy atom. The molecule has 0 saturated carbocycles. The van der Waals surface area contributed by atoms with Crippen molar-refractivity contribution in [2.75, 3.05) is 64.1 Å². The summed E-state index contributed by atoms with van der Waals surface area (Å²) < 4.78 is 10.9. The Kier molecular flexibility index (Phi) is 11.9. The maximum Gasteiger partial charge on any atom is 0.253 e. The molecule has 2 saturated heterocycles. The van der Waals surface area contributed by atoms with Crippen molar-refractivity contribution < 1.29 is 19.1 Å². The SMILES string of the molecule is CCc1nc(N2CCC(C3CCN(C(=O)c4ccc5nc(-c6ccccc6)[nH]c5c4)CC3)CC2)sc1C(=O)CCCOCCOCCN. The number of ether oxygens (including phenoxy) is 2. The minimum absolute atomic E-state index is 0.0994. The summed E-state index contributed by atoms with van der Waals surface area (Å²) in [5.41, 5.74) is 9.82. The van der Waals surface area contributed by atoms with Crippen molar-refractivity contribution in [1.29, 1.82) is 0 Å². The quantitative estimate of drug-likeness (QED) is 0.117. The Labute approximate surface area is 287 Å². The Balaban J connectivity index is 0.954. The second-order valence-electron chi connectivity index (χ2n) is 12.8. The van der Waals surface area contributed by atoms with Gasteiger partial charge in [-0.25, -0.2) is 9.97 Å². The van der Waals surface area contributed by atoms with Crippen LogP contribution in [0.25, 0.3) is 22.4 Å². The number of likely N-dealkylation sites (tertiary alicyclic amines) is 1. The average Bonchev–Trinajstić information content (AvgIpc) is 3.78. The topological polar surface area (TPSA) is 127 Å². The van der Waals surface area contributed by atoms with E-state index in [1.54, 1.807) is 11.3 Å². The van der Waals surface area contributed by atoms with Gasteiger partial charge in [-0.15, -0.1) is 0 Å². The molecule has 10 nitrogen and oxygen atoms in total. The number of nitrogens with two attached hydrogens (primary N) is 1. The Morgan fingerprint density at radius 1 is 0.917 bits per heavy atom. The van der Waals surface area contributed by atoms with E-state index in [2.05, 4.69) is 16.8 Å². The van der Waals surface area contributed by atoms with Crippen molar-refractivity contribution in [3.05, 3.63) is 64.7 Å². The van der Waals surface area contributed by atoms with Crippen LogP contribution in [0.2, 0.25) is 0 Å². The molecule has 0 aliphatic carbocycles. The molecule has 11 heteroatoms. The monoisotopic (exact) mass is 672 g/mol. The fourth-order valence-corrected chi connectivity index (χ4v) is 8.15. The van der Waals surface area contributed by atoms with E-state index in [9.17, 15) is 9.59 Å². The molecule has 6 rings (SSSR count). The van der Waals surface area contributed by atoms with Crippen LogP contribution in [0.5, 0.6) is 0 Å². The first-order valence-corrected chi connectivity index (χ1v) is 18.3. The van der Waals surface area contributed by atoms with E-state index in [0.29, 0.717) is 63.2 Å². The average molecular weight is 673 g/mol. The van der Waals surface area contributed by atoms with Gasteiger partial charge < -0.3 is 30.0 Å². The summed E-state index contributed by atoms with van der Waals surface area (Å²) in [5.74, 6) is 2.37. The summed E-state index contributed by atoms with van der Waals surface area (Å²) in [5, 5.41) is 0.979. The number of aromatic nitrogens is 3. The number of hydrogen-bond acceptors (Lipinski definition) is 9. The van der Waals surface area contributed by atoms with Gasteiger partial charge in [0, 0.05) is 56.9 Å². The second-order valence-corrected chi connectivity index (χ2v) is 13.8. The van der Waals surface area contributed by atoms with Gasteiger partial charge in [0.25, 0.3) is 5.91 Å². The molecule has 2 aromatic heterocycles. The van der Waals surface area contributed by atoms with Gasteiger partial charge in [0.05, 0.1) is 41.4 Å². The standard InChI is InChI=1S/C37H48N6O4S/c1-2-30-34(33(44)9-6-21-46-23-24-47-22-16-38)48-37(41-30)43-19-14-27(15-20-43)26-12-17-42(18-13-26)36(45)29-10-11-31-32(25-29)40-35(39-31)28-7-4-3-5-8-28/h3-5,7-8,10-11,25-27H,2,6,9,12-24,38H2,1H3,(H,39,40). The lowest BCUT2D eigenvalue weighted by atomic mass is 9.79.